The van der Waals surface area contributed by atoms with Gasteiger partial charge >= 0.3 is 0 Å². The lowest BCUT2D eigenvalue weighted by molar-refractivity contribution is 0.938. The van der Waals surface area contributed by atoms with E-state index in [4.69, 9.17) is 1.37 Å². The van der Waals surface area contributed by atoms with E-state index in [9.17, 15) is 0 Å². The largest absolute Gasteiger partial charge is 0.360 e. The van der Waals surface area contributed by atoms with Gasteiger partial charge in [-0.25, -0.2) is 4.98 Å². The van der Waals surface area contributed by atoms with Gasteiger partial charge in [0, 0.05) is 19.8 Å². The molecule has 0 aliphatic heterocycles. The molecule has 0 spiro atoms. The van der Waals surface area contributed by atoms with Crippen molar-refractivity contribution in [2.75, 3.05) is 18.5 Å². The topological polar surface area (TPSA) is 16.1 Å². The smallest absolute Gasteiger partial charge is 0.128 e. The second-order valence-electron chi connectivity index (χ2n) is 2.14. The summed E-state index contributed by atoms with van der Waals surface area (Å²) in [6, 6.07) is 5.42. The Kier molecular flexibility index (Phi) is 1.83. The normalized spacial score (nSPS) is 10.8. The second kappa shape index (κ2) is 3.20. The molecule has 0 aromatic carbocycles. The van der Waals surface area contributed by atoms with Gasteiger partial charge in [-0.2, -0.15) is 0 Å². The maximum Gasteiger partial charge on any atom is 0.128 e. The quantitative estimate of drug-likeness (QED) is 0.614. The zero-order valence-corrected chi connectivity index (χ0v) is 6.33. The molecule has 0 bridgehead atoms. The van der Waals surface area contributed by atoms with Crippen molar-refractivity contribution in [3.8, 4) is 0 Å². The van der Waals surface area contributed by atoms with Crippen LogP contribution in [0.2, 0.25) is 0 Å². The zero-order valence-electron chi connectivity index (χ0n) is 7.33. The van der Waals surface area contributed by atoms with Crippen LogP contribution in [0.25, 0.3) is 0 Å². The molecule has 0 unspecified atom stereocenters. The van der Waals surface area contributed by atoms with E-state index in [1.165, 1.54) is 0 Å². The van der Waals surface area contributed by atoms with Crippen molar-refractivity contribution in [3.63, 3.8) is 0 Å². The van der Waals surface area contributed by atoms with Gasteiger partial charge in [-0.3, -0.25) is 0 Å². The zero-order chi connectivity index (χ0) is 8.27. The van der Waals surface area contributed by atoms with Crippen molar-refractivity contribution in [1.82, 2.24) is 4.98 Å². The average Bonchev–Trinajstić information content (AvgIpc) is 2.03. The summed E-state index contributed by atoms with van der Waals surface area (Å²) in [6.07, 6.45) is 0.322. The molecular formula is C8H12N2. The lowest BCUT2D eigenvalue weighted by atomic mass is 10.4. The van der Waals surface area contributed by atoms with Crippen LogP contribution < -0.4 is 4.90 Å². The number of aromatic nitrogens is 1. The molecule has 0 saturated carbocycles. The first-order chi connectivity index (χ1) is 5.24. The van der Waals surface area contributed by atoms with Crippen LogP contribution in [-0.4, -0.2) is 18.6 Å². The molecule has 0 amide bonds. The van der Waals surface area contributed by atoms with E-state index >= 15 is 0 Å². The van der Waals surface area contributed by atoms with Crippen molar-refractivity contribution in [2.45, 2.75) is 6.92 Å². The standard InChI is InChI=1S/C8H12N2/c1-3-10(2)8-6-4-5-7-9-8/h4-7H,3H2,1-2H3/i7D. The molecule has 0 fully saturated rings. The van der Waals surface area contributed by atoms with Crippen LogP contribution in [0.3, 0.4) is 0 Å². The third-order valence-electron chi connectivity index (χ3n) is 1.46. The van der Waals surface area contributed by atoms with Crippen molar-refractivity contribution >= 4 is 5.82 Å². The van der Waals surface area contributed by atoms with Crippen molar-refractivity contribution in [1.29, 1.82) is 0 Å². The van der Waals surface area contributed by atoms with E-state index in [2.05, 4.69) is 11.9 Å². The van der Waals surface area contributed by atoms with Gasteiger partial charge in [0.15, 0.2) is 0 Å². The Morgan fingerprint density at radius 3 is 3.10 bits per heavy atom. The molecule has 2 heteroatoms. The van der Waals surface area contributed by atoms with Crippen LogP contribution in [0.1, 0.15) is 8.29 Å². The minimum atomic E-state index is 0.322. The summed E-state index contributed by atoms with van der Waals surface area (Å²) >= 11 is 0. The highest BCUT2D eigenvalue weighted by Gasteiger charge is 1.94. The number of nitrogens with zero attached hydrogens (tertiary/aromatic N) is 2. The molecule has 0 atom stereocenters. The fourth-order valence-corrected chi connectivity index (χ4v) is 0.692. The van der Waals surface area contributed by atoms with Crippen molar-refractivity contribution < 1.29 is 1.37 Å². The third kappa shape index (κ3) is 1.47. The Balaban J connectivity index is 2.86. The van der Waals surface area contributed by atoms with Crippen LogP contribution >= 0.6 is 0 Å². The first-order valence-electron chi connectivity index (χ1n) is 3.89. The summed E-state index contributed by atoms with van der Waals surface area (Å²) in [5, 5.41) is 0. The number of pyridine rings is 1. The van der Waals surface area contributed by atoms with Gasteiger partial charge in [-0.1, -0.05) is 6.07 Å². The number of hydrogen-bond donors (Lipinski definition) is 0. The second-order valence-corrected chi connectivity index (χ2v) is 2.14. The molecule has 0 aliphatic carbocycles. The third-order valence-corrected chi connectivity index (χ3v) is 1.46. The summed E-state index contributed by atoms with van der Waals surface area (Å²) in [5.41, 5.74) is 0. The molecule has 0 saturated heterocycles. The van der Waals surface area contributed by atoms with Gasteiger partial charge in [0.2, 0.25) is 0 Å². The summed E-state index contributed by atoms with van der Waals surface area (Å²) in [5.74, 6) is 0.861. The maximum absolute atomic E-state index is 7.27. The van der Waals surface area contributed by atoms with Crippen molar-refractivity contribution in [2.24, 2.45) is 0 Å². The predicted molar refractivity (Wildman–Crippen MR) is 43.2 cm³/mol. The van der Waals surface area contributed by atoms with Crippen LogP contribution in [-0.2, 0) is 0 Å². The van der Waals surface area contributed by atoms with Gasteiger partial charge < -0.3 is 4.90 Å². The Labute approximate surface area is 62.9 Å². The van der Waals surface area contributed by atoms with Gasteiger partial charge in [-0.15, -0.1) is 0 Å². The molecule has 0 aliphatic rings. The molecule has 1 heterocycles. The van der Waals surface area contributed by atoms with Gasteiger partial charge in [0.05, 0.1) is 1.37 Å². The fourth-order valence-electron chi connectivity index (χ4n) is 0.692. The molecular weight excluding hydrogens is 124 g/mol. The summed E-state index contributed by atoms with van der Waals surface area (Å²) in [4.78, 5) is 6.03. The minimum absolute atomic E-state index is 0.322. The fraction of sp³-hybridized carbons (Fsp3) is 0.375. The van der Waals surface area contributed by atoms with Gasteiger partial charge in [0.1, 0.15) is 5.82 Å². The molecule has 1 aromatic heterocycles. The lowest BCUT2D eigenvalue weighted by Crippen LogP contribution is -2.16. The first kappa shape index (κ1) is 5.71. The molecule has 0 N–H and O–H groups in total. The molecule has 54 valence electrons. The minimum Gasteiger partial charge on any atom is -0.360 e. The monoisotopic (exact) mass is 137 g/mol. The Bertz CT molecular complexity index is 237. The first-order valence-corrected chi connectivity index (χ1v) is 3.39. The highest BCUT2D eigenvalue weighted by atomic mass is 15.1. The lowest BCUT2D eigenvalue weighted by Gasteiger charge is -2.13. The summed E-state index contributed by atoms with van der Waals surface area (Å²) in [6.45, 7) is 2.97. The van der Waals surface area contributed by atoms with E-state index < -0.39 is 0 Å². The number of rotatable bonds is 2. The van der Waals surface area contributed by atoms with Crippen molar-refractivity contribution in [3.05, 3.63) is 24.4 Å². The van der Waals surface area contributed by atoms with E-state index in [-0.39, 0.29) is 0 Å². The molecule has 2 nitrogen and oxygen atoms in total. The number of hydrogen-bond acceptors (Lipinski definition) is 2. The summed E-state index contributed by atoms with van der Waals surface area (Å²) in [7, 11) is 1.96. The highest BCUT2D eigenvalue weighted by Crippen LogP contribution is 2.04. The van der Waals surface area contributed by atoms with E-state index in [1.807, 2.05) is 24.1 Å². The van der Waals surface area contributed by atoms with Gasteiger partial charge in [0.25, 0.3) is 0 Å². The Hall–Kier alpha value is -1.05. The van der Waals surface area contributed by atoms with Crippen LogP contribution in [0, 0.1) is 0 Å². The number of anilines is 1. The highest BCUT2D eigenvalue weighted by molar-refractivity contribution is 5.35. The molecule has 1 rings (SSSR count). The van der Waals surface area contributed by atoms with Crippen LogP contribution in [0.15, 0.2) is 24.4 Å². The van der Waals surface area contributed by atoms with E-state index in [0.29, 0.717) is 6.17 Å². The van der Waals surface area contributed by atoms with Gasteiger partial charge in [-0.05, 0) is 19.1 Å². The summed E-state index contributed by atoms with van der Waals surface area (Å²) < 4.78 is 7.27. The van der Waals surface area contributed by atoms with E-state index in [0.717, 1.165) is 12.4 Å². The molecule has 10 heavy (non-hydrogen) atoms. The predicted octanol–water partition coefficient (Wildman–Crippen LogP) is 1.54. The average molecular weight is 137 g/mol. The van der Waals surface area contributed by atoms with Crippen LogP contribution in [0.5, 0.6) is 0 Å². The Morgan fingerprint density at radius 1 is 1.70 bits per heavy atom. The molecule has 1 aromatic rings. The maximum atomic E-state index is 7.27. The molecule has 0 radical (unpaired) electrons. The Morgan fingerprint density at radius 2 is 2.50 bits per heavy atom. The van der Waals surface area contributed by atoms with E-state index in [1.54, 1.807) is 6.07 Å². The van der Waals surface area contributed by atoms with Crippen LogP contribution in [0.4, 0.5) is 5.82 Å². The SMILES string of the molecule is [2H]c1cccc(N(C)CC)n1.